The molecule has 5 heteroatoms. The number of benzene rings is 3. The first-order valence-electron chi connectivity index (χ1n) is 9.31. The van der Waals surface area contributed by atoms with E-state index in [0.717, 1.165) is 37.5 Å². The second-order valence-corrected chi connectivity index (χ2v) is 7.87. The van der Waals surface area contributed by atoms with Crippen LogP contribution in [0.15, 0.2) is 103 Å². The Bertz CT molecular complexity index is 1240. The van der Waals surface area contributed by atoms with Crippen LogP contribution in [0.2, 0.25) is 0 Å². The zero-order valence-electron chi connectivity index (χ0n) is 15.5. The molecule has 5 aromatic rings. The van der Waals surface area contributed by atoms with Gasteiger partial charge < -0.3 is 0 Å². The van der Waals surface area contributed by atoms with Crippen molar-refractivity contribution < 1.29 is 0 Å². The Morgan fingerprint density at radius 3 is 1.86 bits per heavy atom. The summed E-state index contributed by atoms with van der Waals surface area (Å²) < 4.78 is 5.02. The summed E-state index contributed by atoms with van der Waals surface area (Å²) in [5, 5.41) is 9.69. The Morgan fingerprint density at radius 2 is 1.28 bits per heavy atom. The van der Waals surface area contributed by atoms with Crippen molar-refractivity contribution in [1.82, 2.24) is 19.6 Å². The van der Waals surface area contributed by atoms with Crippen LogP contribution in [0.3, 0.4) is 0 Å². The number of halogens is 1. The first-order valence-corrected chi connectivity index (χ1v) is 10.4. The van der Waals surface area contributed by atoms with E-state index in [1.807, 2.05) is 64.2 Å². The molecule has 0 atom stereocenters. The van der Waals surface area contributed by atoms with Gasteiger partial charge in [0.15, 0.2) is 0 Å². The second-order valence-electron chi connectivity index (χ2n) is 6.63. The van der Waals surface area contributed by atoms with E-state index in [9.17, 15) is 0 Å². The van der Waals surface area contributed by atoms with E-state index in [-0.39, 0.29) is 0 Å². The standard InChI is InChI=1S/C24H17IN4/c25-20-16-26-28(17-20)24-22(18-10-4-1-5-11-18)27-29(21-14-8-3-9-15-21)23(24)19-12-6-2-7-13-19/h1-17H. The van der Waals surface area contributed by atoms with Crippen molar-refractivity contribution in [3.63, 3.8) is 0 Å². The van der Waals surface area contributed by atoms with E-state index in [1.54, 1.807) is 0 Å². The van der Waals surface area contributed by atoms with Gasteiger partial charge in [-0.25, -0.2) is 9.36 Å². The molecule has 0 N–H and O–H groups in total. The van der Waals surface area contributed by atoms with Crippen molar-refractivity contribution >= 4 is 22.6 Å². The summed E-state index contributed by atoms with van der Waals surface area (Å²) in [6, 6.07) is 30.9. The van der Waals surface area contributed by atoms with Crippen LogP contribution >= 0.6 is 22.6 Å². The van der Waals surface area contributed by atoms with E-state index in [0.29, 0.717) is 0 Å². The molecule has 0 spiro atoms. The number of nitrogens with zero attached hydrogens (tertiary/aromatic N) is 4. The molecular formula is C24H17IN4. The van der Waals surface area contributed by atoms with Gasteiger partial charge in [-0.05, 0) is 34.7 Å². The highest BCUT2D eigenvalue weighted by Crippen LogP contribution is 2.36. The fourth-order valence-electron chi connectivity index (χ4n) is 3.45. The molecule has 0 fully saturated rings. The van der Waals surface area contributed by atoms with Crippen molar-refractivity contribution in [2.75, 3.05) is 0 Å². The second kappa shape index (κ2) is 7.67. The fourth-order valence-corrected chi connectivity index (χ4v) is 3.84. The molecule has 0 amide bonds. The third-order valence-electron chi connectivity index (χ3n) is 4.74. The smallest absolute Gasteiger partial charge is 0.119 e. The van der Waals surface area contributed by atoms with Crippen LogP contribution in [0.1, 0.15) is 0 Å². The molecule has 5 rings (SSSR count). The Hall–Kier alpha value is -3.19. The monoisotopic (exact) mass is 488 g/mol. The van der Waals surface area contributed by atoms with Gasteiger partial charge in [-0.15, -0.1) is 0 Å². The zero-order valence-corrected chi connectivity index (χ0v) is 17.6. The summed E-state index contributed by atoms with van der Waals surface area (Å²) in [5.74, 6) is 0. The maximum atomic E-state index is 5.07. The van der Waals surface area contributed by atoms with Gasteiger partial charge in [0.05, 0.1) is 15.5 Å². The van der Waals surface area contributed by atoms with Gasteiger partial charge in [0.1, 0.15) is 17.1 Å². The van der Waals surface area contributed by atoms with E-state index >= 15 is 0 Å². The molecule has 3 aromatic carbocycles. The Balaban J connectivity index is 1.88. The summed E-state index contributed by atoms with van der Waals surface area (Å²) in [7, 11) is 0. The van der Waals surface area contributed by atoms with Crippen molar-refractivity contribution in [1.29, 1.82) is 0 Å². The Labute approximate surface area is 182 Å². The lowest BCUT2D eigenvalue weighted by molar-refractivity contribution is 0.876. The number of para-hydroxylation sites is 1. The van der Waals surface area contributed by atoms with Crippen LogP contribution in [0.4, 0.5) is 0 Å². The maximum Gasteiger partial charge on any atom is 0.119 e. The summed E-state index contributed by atoms with van der Waals surface area (Å²) in [4.78, 5) is 0. The molecule has 29 heavy (non-hydrogen) atoms. The highest BCUT2D eigenvalue weighted by atomic mass is 127. The summed E-state index contributed by atoms with van der Waals surface area (Å²) in [6.45, 7) is 0. The van der Waals surface area contributed by atoms with Gasteiger partial charge in [-0.3, -0.25) is 0 Å². The highest BCUT2D eigenvalue weighted by Gasteiger charge is 2.23. The summed E-state index contributed by atoms with van der Waals surface area (Å²) in [5.41, 5.74) is 6.03. The first kappa shape index (κ1) is 17.9. The summed E-state index contributed by atoms with van der Waals surface area (Å²) in [6.07, 6.45) is 3.90. The molecule has 0 aliphatic heterocycles. The molecule has 0 radical (unpaired) electrons. The molecule has 2 aromatic heterocycles. The number of hydrogen-bond acceptors (Lipinski definition) is 2. The Kier molecular flexibility index (Phi) is 4.73. The number of hydrogen-bond donors (Lipinski definition) is 0. The molecule has 2 heterocycles. The van der Waals surface area contributed by atoms with Gasteiger partial charge in [0, 0.05) is 17.3 Å². The van der Waals surface area contributed by atoms with Crippen molar-refractivity contribution in [3.05, 3.63) is 107 Å². The van der Waals surface area contributed by atoms with Crippen LogP contribution in [-0.4, -0.2) is 19.6 Å². The molecule has 0 aliphatic carbocycles. The van der Waals surface area contributed by atoms with Crippen LogP contribution < -0.4 is 0 Å². The lowest BCUT2D eigenvalue weighted by Gasteiger charge is -2.10. The quantitative estimate of drug-likeness (QED) is 0.291. The van der Waals surface area contributed by atoms with Crippen LogP contribution in [0.25, 0.3) is 33.9 Å². The van der Waals surface area contributed by atoms with Crippen LogP contribution in [0, 0.1) is 3.57 Å². The zero-order chi connectivity index (χ0) is 19.6. The van der Waals surface area contributed by atoms with E-state index in [4.69, 9.17) is 5.10 Å². The molecule has 0 bridgehead atoms. The minimum Gasteiger partial charge on any atom is -0.235 e. The minimum absolute atomic E-state index is 0.896. The molecule has 140 valence electrons. The lowest BCUT2D eigenvalue weighted by atomic mass is 10.1. The third kappa shape index (κ3) is 3.38. The van der Waals surface area contributed by atoms with E-state index in [1.165, 1.54) is 0 Å². The molecule has 0 aliphatic rings. The molecular weight excluding hydrogens is 471 g/mol. The Morgan fingerprint density at radius 1 is 0.690 bits per heavy atom. The van der Waals surface area contributed by atoms with Gasteiger partial charge in [0.25, 0.3) is 0 Å². The van der Waals surface area contributed by atoms with E-state index < -0.39 is 0 Å². The first-order chi connectivity index (χ1) is 14.3. The predicted molar refractivity (Wildman–Crippen MR) is 124 cm³/mol. The normalized spacial score (nSPS) is 10.9. The van der Waals surface area contributed by atoms with E-state index in [2.05, 4.69) is 76.2 Å². The fraction of sp³-hybridized carbons (Fsp3) is 0. The molecule has 0 unspecified atom stereocenters. The molecule has 4 nitrogen and oxygen atoms in total. The van der Waals surface area contributed by atoms with Crippen LogP contribution in [0.5, 0.6) is 0 Å². The minimum atomic E-state index is 0.896. The van der Waals surface area contributed by atoms with Gasteiger partial charge in [0.2, 0.25) is 0 Å². The largest absolute Gasteiger partial charge is 0.235 e. The summed E-state index contributed by atoms with van der Waals surface area (Å²) >= 11 is 2.29. The maximum absolute atomic E-state index is 5.07. The average Bonchev–Trinajstić information content (AvgIpc) is 3.39. The predicted octanol–water partition coefficient (Wildman–Crippen LogP) is 6.00. The van der Waals surface area contributed by atoms with Crippen molar-refractivity contribution in [2.45, 2.75) is 0 Å². The third-order valence-corrected chi connectivity index (χ3v) is 5.29. The molecule has 0 saturated carbocycles. The number of aromatic nitrogens is 4. The van der Waals surface area contributed by atoms with Gasteiger partial charge in [-0.2, -0.15) is 10.2 Å². The van der Waals surface area contributed by atoms with Gasteiger partial charge >= 0.3 is 0 Å². The topological polar surface area (TPSA) is 35.6 Å². The van der Waals surface area contributed by atoms with Gasteiger partial charge in [-0.1, -0.05) is 78.9 Å². The lowest BCUT2D eigenvalue weighted by Crippen LogP contribution is -2.01. The molecule has 0 saturated heterocycles. The van der Waals surface area contributed by atoms with Crippen LogP contribution in [-0.2, 0) is 0 Å². The van der Waals surface area contributed by atoms with Crippen molar-refractivity contribution in [3.8, 4) is 33.9 Å². The number of rotatable bonds is 4. The average molecular weight is 488 g/mol. The SMILES string of the molecule is Ic1cnn(-c2c(-c3ccccc3)nn(-c3ccccc3)c2-c2ccccc2)c1. The highest BCUT2D eigenvalue weighted by molar-refractivity contribution is 14.1. The van der Waals surface area contributed by atoms with Crippen molar-refractivity contribution in [2.24, 2.45) is 0 Å².